The van der Waals surface area contributed by atoms with Gasteiger partial charge in [0.05, 0.1) is 20.3 Å². The van der Waals surface area contributed by atoms with Gasteiger partial charge < -0.3 is 35.0 Å². The average Bonchev–Trinajstić information content (AvgIpc) is 2.87. The van der Waals surface area contributed by atoms with Gasteiger partial charge in [0.25, 0.3) is 0 Å². The molecule has 0 aromatic heterocycles. The molecule has 0 aliphatic heterocycles. The molecule has 0 aliphatic carbocycles. The maximum absolute atomic E-state index is 13.3. The number of phenols is 4. The van der Waals surface area contributed by atoms with Crippen LogP contribution in [0.15, 0.2) is 54.6 Å². The minimum Gasteiger partial charge on any atom is -0.508 e. The van der Waals surface area contributed by atoms with E-state index in [1.807, 2.05) is 0 Å². The summed E-state index contributed by atoms with van der Waals surface area (Å²) < 4.78 is 10.2. The van der Waals surface area contributed by atoms with E-state index in [1.165, 1.54) is 26.4 Å². The lowest BCUT2D eigenvalue weighted by atomic mass is 9.85. The topological polar surface area (TPSA) is 137 Å². The molecule has 0 heterocycles. The smallest absolute Gasteiger partial charge is 0.200 e. The lowest BCUT2D eigenvalue weighted by molar-refractivity contribution is -0.126. The largest absolute Gasteiger partial charge is 0.508 e. The SMILES string of the molecule is COc1cc(CC[C@@H](O)[C@@H](Cc2cccc(O)c2)C(=O)CCc2cc(O)c(O)c(OC)c2)ccc1O. The summed E-state index contributed by atoms with van der Waals surface area (Å²) in [5.41, 5.74) is 2.18. The molecule has 8 heteroatoms. The van der Waals surface area contributed by atoms with Gasteiger partial charge in [0, 0.05) is 12.3 Å². The van der Waals surface area contributed by atoms with Crippen molar-refractivity contribution in [3.8, 4) is 34.5 Å². The molecule has 0 saturated heterocycles. The zero-order valence-corrected chi connectivity index (χ0v) is 20.3. The van der Waals surface area contributed by atoms with Gasteiger partial charge >= 0.3 is 0 Å². The van der Waals surface area contributed by atoms with Gasteiger partial charge in [-0.2, -0.15) is 0 Å². The predicted octanol–water partition coefficient (Wildman–Crippen LogP) is 3.88. The second-order valence-electron chi connectivity index (χ2n) is 8.72. The van der Waals surface area contributed by atoms with E-state index in [9.17, 15) is 30.3 Å². The Hall–Kier alpha value is -3.91. The minimum atomic E-state index is -0.956. The lowest BCUT2D eigenvalue weighted by Gasteiger charge is -2.23. The van der Waals surface area contributed by atoms with Crippen molar-refractivity contribution in [1.82, 2.24) is 0 Å². The first-order valence-corrected chi connectivity index (χ1v) is 11.6. The number of hydrogen-bond acceptors (Lipinski definition) is 8. The summed E-state index contributed by atoms with van der Waals surface area (Å²) in [7, 11) is 2.83. The number of hydrogen-bond donors (Lipinski definition) is 5. The molecule has 36 heavy (non-hydrogen) atoms. The van der Waals surface area contributed by atoms with Crippen LogP contribution in [0.2, 0.25) is 0 Å². The number of Topliss-reactive ketones (excluding diaryl/α,β-unsaturated/α-hetero) is 1. The summed E-state index contributed by atoms with van der Waals surface area (Å²) >= 11 is 0. The number of ketones is 1. The third-order valence-electron chi connectivity index (χ3n) is 6.21. The van der Waals surface area contributed by atoms with E-state index in [4.69, 9.17) is 9.47 Å². The van der Waals surface area contributed by atoms with Gasteiger partial charge in [-0.15, -0.1) is 0 Å². The van der Waals surface area contributed by atoms with Crippen LogP contribution in [0.1, 0.15) is 29.5 Å². The van der Waals surface area contributed by atoms with Crippen molar-refractivity contribution in [3.05, 3.63) is 71.3 Å². The van der Waals surface area contributed by atoms with Gasteiger partial charge in [-0.3, -0.25) is 4.79 Å². The summed E-state index contributed by atoms with van der Waals surface area (Å²) in [6, 6.07) is 14.5. The number of benzene rings is 3. The number of aliphatic hydroxyl groups is 1. The Morgan fingerprint density at radius 1 is 0.806 bits per heavy atom. The predicted molar refractivity (Wildman–Crippen MR) is 134 cm³/mol. The van der Waals surface area contributed by atoms with E-state index in [1.54, 1.807) is 42.5 Å². The van der Waals surface area contributed by atoms with E-state index in [0.29, 0.717) is 24.2 Å². The Morgan fingerprint density at radius 2 is 1.53 bits per heavy atom. The van der Waals surface area contributed by atoms with Crippen LogP contribution < -0.4 is 9.47 Å². The molecule has 3 rings (SSSR count). The van der Waals surface area contributed by atoms with Crippen LogP contribution in [0.25, 0.3) is 0 Å². The Balaban J connectivity index is 1.75. The van der Waals surface area contributed by atoms with Crippen molar-refractivity contribution < 1.29 is 39.8 Å². The molecular weight excluding hydrogens is 464 g/mol. The second kappa shape index (κ2) is 12.2. The van der Waals surface area contributed by atoms with E-state index in [-0.39, 0.29) is 53.8 Å². The Bertz CT molecular complexity index is 1190. The zero-order chi connectivity index (χ0) is 26.2. The van der Waals surface area contributed by atoms with Crippen LogP contribution in [0.5, 0.6) is 34.5 Å². The van der Waals surface area contributed by atoms with E-state index in [0.717, 1.165) is 11.1 Å². The fourth-order valence-electron chi connectivity index (χ4n) is 4.20. The molecule has 5 N–H and O–H groups in total. The van der Waals surface area contributed by atoms with Crippen LogP contribution in [-0.4, -0.2) is 51.6 Å². The van der Waals surface area contributed by atoms with Gasteiger partial charge in [-0.1, -0.05) is 18.2 Å². The first-order valence-electron chi connectivity index (χ1n) is 11.6. The van der Waals surface area contributed by atoms with Gasteiger partial charge in [0.1, 0.15) is 11.5 Å². The highest BCUT2D eigenvalue weighted by Crippen LogP contribution is 2.36. The van der Waals surface area contributed by atoms with Gasteiger partial charge in [0.2, 0.25) is 5.75 Å². The van der Waals surface area contributed by atoms with Crippen molar-refractivity contribution in [3.63, 3.8) is 0 Å². The molecule has 0 spiro atoms. The number of phenolic OH excluding ortho intramolecular Hbond substituents is 4. The first kappa shape index (κ1) is 26.7. The molecule has 0 fully saturated rings. The normalized spacial score (nSPS) is 12.6. The van der Waals surface area contributed by atoms with Crippen LogP contribution >= 0.6 is 0 Å². The number of ether oxygens (including phenoxy) is 2. The van der Waals surface area contributed by atoms with Crippen molar-refractivity contribution in [2.75, 3.05) is 14.2 Å². The van der Waals surface area contributed by atoms with E-state index < -0.39 is 12.0 Å². The lowest BCUT2D eigenvalue weighted by Crippen LogP contribution is -2.31. The Kier molecular flexibility index (Phi) is 9.02. The quantitative estimate of drug-likeness (QED) is 0.238. The van der Waals surface area contributed by atoms with Crippen molar-refractivity contribution in [1.29, 1.82) is 0 Å². The highest BCUT2D eigenvalue weighted by Gasteiger charge is 2.27. The van der Waals surface area contributed by atoms with Crippen molar-refractivity contribution in [2.24, 2.45) is 5.92 Å². The molecule has 0 radical (unpaired) electrons. The second-order valence-corrected chi connectivity index (χ2v) is 8.72. The monoisotopic (exact) mass is 496 g/mol. The maximum Gasteiger partial charge on any atom is 0.200 e. The fraction of sp³-hybridized carbons (Fsp3) is 0.321. The number of carbonyl (C=O) groups excluding carboxylic acids is 1. The average molecular weight is 497 g/mol. The molecule has 2 atom stereocenters. The van der Waals surface area contributed by atoms with Crippen LogP contribution in [0.3, 0.4) is 0 Å². The summed E-state index contributed by atoms with van der Waals surface area (Å²) in [6.45, 7) is 0. The van der Waals surface area contributed by atoms with Crippen molar-refractivity contribution in [2.45, 2.75) is 38.2 Å². The summed E-state index contributed by atoms with van der Waals surface area (Å²) in [4.78, 5) is 13.3. The molecule has 0 saturated carbocycles. The zero-order valence-electron chi connectivity index (χ0n) is 20.3. The van der Waals surface area contributed by atoms with Gasteiger partial charge in [0.15, 0.2) is 23.0 Å². The third kappa shape index (κ3) is 6.82. The standard InChI is InChI=1S/C28H32O8/c1-35-26-15-17(7-11-24(26)32)6-9-22(30)21(13-18-4-3-5-20(29)12-18)23(31)10-8-19-14-25(33)28(34)27(16-19)36-2/h3-5,7,11-12,14-16,21-22,29-30,32-34H,6,8-10,13H2,1-2H3/t21-,22-/m1/s1. The van der Waals surface area contributed by atoms with Crippen LogP contribution in [0, 0.1) is 5.92 Å². The Labute approximate surface area is 210 Å². The first-order chi connectivity index (χ1) is 17.2. The number of aryl methyl sites for hydroxylation is 2. The van der Waals surface area contributed by atoms with Crippen molar-refractivity contribution >= 4 is 5.78 Å². The van der Waals surface area contributed by atoms with Crippen LogP contribution in [-0.2, 0) is 24.1 Å². The molecule has 0 amide bonds. The molecule has 3 aromatic carbocycles. The number of methoxy groups -OCH3 is 2. The third-order valence-corrected chi connectivity index (χ3v) is 6.21. The highest BCUT2D eigenvalue weighted by atomic mass is 16.5. The molecular formula is C28H32O8. The molecule has 0 aliphatic rings. The Morgan fingerprint density at radius 3 is 2.22 bits per heavy atom. The molecule has 3 aromatic rings. The number of carbonyl (C=O) groups is 1. The van der Waals surface area contributed by atoms with E-state index >= 15 is 0 Å². The van der Waals surface area contributed by atoms with Crippen LogP contribution in [0.4, 0.5) is 0 Å². The molecule has 0 unspecified atom stereocenters. The summed E-state index contributed by atoms with van der Waals surface area (Å²) in [5.74, 6) is -1.04. The summed E-state index contributed by atoms with van der Waals surface area (Å²) in [6.07, 6.45) is 0.434. The number of rotatable bonds is 12. The number of aliphatic hydroxyl groups excluding tert-OH is 1. The fourth-order valence-corrected chi connectivity index (χ4v) is 4.20. The van der Waals surface area contributed by atoms with Gasteiger partial charge in [-0.25, -0.2) is 0 Å². The molecule has 0 bridgehead atoms. The summed E-state index contributed by atoms with van der Waals surface area (Å²) in [5, 5.41) is 50.5. The molecule has 192 valence electrons. The van der Waals surface area contributed by atoms with Gasteiger partial charge in [-0.05, 0) is 78.8 Å². The highest BCUT2D eigenvalue weighted by molar-refractivity contribution is 5.82. The molecule has 8 nitrogen and oxygen atoms in total. The minimum absolute atomic E-state index is 0.0237. The maximum atomic E-state index is 13.3. The number of aromatic hydroxyl groups is 4. The van der Waals surface area contributed by atoms with E-state index in [2.05, 4.69) is 0 Å².